The number of allylic oxidation sites excluding steroid dienone is 4. The number of rotatable bonds is 42. The van der Waals surface area contributed by atoms with E-state index < -0.39 is 49.4 Å². The summed E-state index contributed by atoms with van der Waals surface area (Å²) in [7, 11) is 0. The fourth-order valence-electron chi connectivity index (χ4n) is 7.63. The molecule has 60 heavy (non-hydrogen) atoms. The third kappa shape index (κ3) is 31.9. The standard InChI is InChI=1S/C50H92O10/c1-3-5-7-9-11-13-15-17-19-20-21-22-23-24-25-27-29-31-33-35-37-39-46(53)59-43(42-58-50-49(56)48(55)47(54)44(40-51)60-50)41-57-45(52)38-36-34-32-30-28-26-18-16-14-12-10-8-6-4-2/h15,17,20-21,43-44,47-51,54-56H,3-14,16,18-19,22-42H2,1-2H3/b17-15-,21-20-. The van der Waals surface area contributed by atoms with Crippen molar-refractivity contribution in [2.75, 3.05) is 19.8 Å². The maximum atomic E-state index is 12.8. The van der Waals surface area contributed by atoms with Crippen molar-refractivity contribution in [1.82, 2.24) is 0 Å². The van der Waals surface area contributed by atoms with Gasteiger partial charge in [0.25, 0.3) is 0 Å². The second-order valence-electron chi connectivity index (χ2n) is 17.3. The molecule has 0 aromatic rings. The van der Waals surface area contributed by atoms with Crippen molar-refractivity contribution in [2.24, 2.45) is 0 Å². The largest absolute Gasteiger partial charge is 0.462 e. The van der Waals surface area contributed by atoms with Gasteiger partial charge >= 0.3 is 11.9 Å². The number of hydrogen-bond acceptors (Lipinski definition) is 10. The molecule has 4 N–H and O–H groups in total. The number of esters is 2. The smallest absolute Gasteiger partial charge is 0.306 e. The summed E-state index contributed by atoms with van der Waals surface area (Å²) in [4.78, 5) is 25.4. The van der Waals surface area contributed by atoms with E-state index >= 15 is 0 Å². The number of ether oxygens (including phenoxy) is 4. The number of aliphatic hydroxyl groups excluding tert-OH is 4. The van der Waals surface area contributed by atoms with E-state index in [1.165, 1.54) is 141 Å². The van der Waals surface area contributed by atoms with Gasteiger partial charge in [0.15, 0.2) is 12.4 Å². The first kappa shape index (κ1) is 56.2. The predicted molar refractivity (Wildman–Crippen MR) is 243 cm³/mol. The van der Waals surface area contributed by atoms with E-state index in [2.05, 4.69) is 38.2 Å². The van der Waals surface area contributed by atoms with E-state index in [0.717, 1.165) is 51.4 Å². The fourth-order valence-corrected chi connectivity index (χ4v) is 7.63. The van der Waals surface area contributed by atoms with Crippen LogP contribution in [0, 0.1) is 0 Å². The van der Waals surface area contributed by atoms with E-state index in [-0.39, 0.29) is 32.0 Å². The molecule has 6 atom stereocenters. The summed E-state index contributed by atoms with van der Waals surface area (Å²) in [6.45, 7) is 3.44. The summed E-state index contributed by atoms with van der Waals surface area (Å²) < 4.78 is 22.2. The summed E-state index contributed by atoms with van der Waals surface area (Å²) >= 11 is 0. The van der Waals surface area contributed by atoms with Crippen molar-refractivity contribution < 1.29 is 49.0 Å². The first-order valence-electron chi connectivity index (χ1n) is 24.9. The molecule has 1 aliphatic heterocycles. The molecular weight excluding hydrogens is 761 g/mol. The van der Waals surface area contributed by atoms with Gasteiger partial charge < -0.3 is 39.4 Å². The van der Waals surface area contributed by atoms with Gasteiger partial charge in [0.2, 0.25) is 0 Å². The maximum absolute atomic E-state index is 12.8. The molecule has 0 aromatic carbocycles. The Morgan fingerprint density at radius 2 is 0.933 bits per heavy atom. The van der Waals surface area contributed by atoms with Crippen molar-refractivity contribution in [2.45, 2.75) is 263 Å². The molecule has 0 saturated carbocycles. The number of aliphatic hydroxyl groups is 4. The molecule has 352 valence electrons. The zero-order valence-corrected chi connectivity index (χ0v) is 38.5. The van der Waals surface area contributed by atoms with E-state index in [1.807, 2.05) is 0 Å². The lowest BCUT2D eigenvalue weighted by Crippen LogP contribution is -2.59. The lowest BCUT2D eigenvalue weighted by molar-refractivity contribution is -0.305. The van der Waals surface area contributed by atoms with Crippen LogP contribution in [0.5, 0.6) is 0 Å². The van der Waals surface area contributed by atoms with E-state index in [4.69, 9.17) is 18.9 Å². The first-order chi connectivity index (χ1) is 29.3. The van der Waals surface area contributed by atoms with Crippen LogP contribution in [0.4, 0.5) is 0 Å². The van der Waals surface area contributed by atoms with Crippen molar-refractivity contribution in [1.29, 1.82) is 0 Å². The van der Waals surface area contributed by atoms with Gasteiger partial charge in [0, 0.05) is 12.8 Å². The molecule has 0 radical (unpaired) electrons. The molecule has 10 nitrogen and oxygen atoms in total. The van der Waals surface area contributed by atoms with Gasteiger partial charge in [-0.05, 0) is 44.9 Å². The number of hydrogen-bond donors (Lipinski definition) is 4. The minimum absolute atomic E-state index is 0.215. The zero-order chi connectivity index (χ0) is 43.7. The lowest BCUT2D eigenvalue weighted by Gasteiger charge is -2.39. The average Bonchev–Trinajstić information content (AvgIpc) is 3.25. The normalized spacial score (nSPS) is 20.0. The molecule has 0 aromatic heterocycles. The van der Waals surface area contributed by atoms with Crippen molar-refractivity contribution >= 4 is 11.9 Å². The molecule has 0 bridgehead atoms. The Hall–Kier alpha value is -1.82. The van der Waals surface area contributed by atoms with Crippen LogP contribution in [-0.2, 0) is 28.5 Å². The van der Waals surface area contributed by atoms with Crippen LogP contribution in [0.15, 0.2) is 24.3 Å². The molecule has 1 fully saturated rings. The van der Waals surface area contributed by atoms with Crippen molar-refractivity contribution in [3.63, 3.8) is 0 Å². The van der Waals surface area contributed by atoms with E-state index in [1.54, 1.807) is 0 Å². The summed E-state index contributed by atoms with van der Waals surface area (Å²) in [6, 6.07) is 0. The molecule has 1 aliphatic rings. The Kier molecular flexibility index (Phi) is 38.6. The Bertz CT molecular complexity index is 1030. The van der Waals surface area contributed by atoms with Crippen LogP contribution < -0.4 is 0 Å². The molecule has 6 unspecified atom stereocenters. The van der Waals surface area contributed by atoms with Gasteiger partial charge in [-0.25, -0.2) is 0 Å². The number of carbonyl (C=O) groups is 2. The minimum atomic E-state index is -1.59. The van der Waals surface area contributed by atoms with E-state index in [0.29, 0.717) is 6.42 Å². The summed E-state index contributed by atoms with van der Waals surface area (Å²) in [6.07, 6.45) is 38.9. The Morgan fingerprint density at radius 3 is 1.38 bits per heavy atom. The highest BCUT2D eigenvalue weighted by atomic mass is 16.7. The van der Waals surface area contributed by atoms with Crippen molar-refractivity contribution in [3.05, 3.63) is 24.3 Å². The predicted octanol–water partition coefficient (Wildman–Crippen LogP) is 11.3. The SMILES string of the molecule is CCCCCCC/C=C\C/C=C\CCCCCCCCCCCC(=O)OC(COC(=O)CCCCCCCCCCCCCCCC)COC1OC(CO)C(O)C(O)C1O. The van der Waals surface area contributed by atoms with Gasteiger partial charge in [0.05, 0.1) is 13.2 Å². The topological polar surface area (TPSA) is 152 Å². The zero-order valence-electron chi connectivity index (χ0n) is 38.5. The highest BCUT2D eigenvalue weighted by Crippen LogP contribution is 2.23. The van der Waals surface area contributed by atoms with Crippen molar-refractivity contribution in [3.8, 4) is 0 Å². The monoisotopic (exact) mass is 853 g/mol. The van der Waals surface area contributed by atoms with Gasteiger partial charge in [-0.2, -0.15) is 0 Å². The molecule has 0 amide bonds. The van der Waals surface area contributed by atoms with E-state index in [9.17, 15) is 30.0 Å². The van der Waals surface area contributed by atoms with Crippen LogP contribution in [-0.4, -0.2) is 89.0 Å². The highest BCUT2D eigenvalue weighted by Gasteiger charge is 2.44. The molecule has 1 rings (SSSR count). The van der Waals surface area contributed by atoms with Gasteiger partial charge in [0.1, 0.15) is 31.0 Å². The second-order valence-corrected chi connectivity index (χ2v) is 17.3. The Labute approximate surface area is 366 Å². The molecule has 0 spiro atoms. The minimum Gasteiger partial charge on any atom is -0.462 e. The van der Waals surface area contributed by atoms with Gasteiger partial charge in [-0.3, -0.25) is 9.59 Å². The van der Waals surface area contributed by atoms with Crippen LogP contribution >= 0.6 is 0 Å². The Balaban J connectivity index is 2.27. The average molecular weight is 853 g/mol. The molecule has 1 saturated heterocycles. The first-order valence-corrected chi connectivity index (χ1v) is 24.9. The highest BCUT2D eigenvalue weighted by molar-refractivity contribution is 5.70. The Morgan fingerprint density at radius 1 is 0.517 bits per heavy atom. The second kappa shape index (κ2) is 41.2. The van der Waals surface area contributed by atoms with Crippen LogP contribution in [0.25, 0.3) is 0 Å². The van der Waals surface area contributed by atoms with Crippen LogP contribution in [0.1, 0.15) is 226 Å². The third-order valence-electron chi connectivity index (χ3n) is 11.6. The van der Waals surface area contributed by atoms with Gasteiger partial charge in [-0.1, -0.05) is 192 Å². The third-order valence-corrected chi connectivity index (χ3v) is 11.6. The fraction of sp³-hybridized carbons (Fsp3) is 0.880. The number of unbranched alkanes of at least 4 members (excludes halogenated alkanes) is 27. The summed E-state index contributed by atoms with van der Waals surface area (Å²) in [5.74, 6) is -0.801. The molecular formula is C50H92O10. The van der Waals surface area contributed by atoms with Gasteiger partial charge in [-0.15, -0.1) is 0 Å². The summed E-state index contributed by atoms with van der Waals surface area (Å²) in [5.41, 5.74) is 0. The lowest BCUT2D eigenvalue weighted by atomic mass is 9.99. The van der Waals surface area contributed by atoms with Crippen LogP contribution in [0.2, 0.25) is 0 Å². The summed E-state index contributed by atoms with van der Waals surface area (Å²) in [5, 5.41) is 40.1. The molecule has 0 aliphatic carbocycles. The molecule has 10 heteroatoms. The quantitative estimate of drug-likeness (QED) is 0.0265. The van der Waals surface area contributed by atoms with Crippen LogP contribution in [0.3, 0.4) is 0 Å². The molecule has 1 heterocycles. The number of carbonyl (C=O) groups excluding carboxylic acids is 2. The maximum Gasteiger partial charge on any atom is 0.306 e.